The second kappa shape index (κ2) is 3.55. The quantitative estimate of drug-likeness (QED) is 0.729. The van der Waals surface area contributed by atoms with Crippen LogP contribution < -0.4 is 10.6 Å². The average Bonchev–Trinajstić information content (AvgIpc) is 2.45. The molecular weight excluding hydrogens is 221 g/mol. The fourth-order valence-corrected chi connectivity index (χ4v) is 1.78. The Balaban J connectivity index is 2.21. The summed E-state index contributed by atoms with van der Waals surface area (Å²) in [5.41, 5.74) is 0.957. The van der Waals surface area contributed by atoms with E-state index in [-0.39, 0.29) is 5.56 Å². The van der Waals surface area contributed by atoms with Crippen LogP contribution in [0.1, 0.15) is 10.4 Å². The largest absolute Gasteiger partial charge is 0.338 e. The maximum atomic E-state index is 13.6. The van der Waals surface area contributed by atoms with Crippen molar-refractivity contribution in [1.82, 2.24) is 4.98 Å². The Morgan fingerprint density at radius 1 is 1.06 bits per heavy atom. The summed E-state index contributed by atoms with van der Waals surface area (Å²) in [6, 6.07) is 7.85. The predicted octanol–water partition coefficient (Wildman–Crippen LogP) is 2.53. The normalized spacial score (nSPS) is 12.9. The van der Waals surface area contributed by atoms with E-state index in [1.165, 1.54) is 6.07 Å². The molecule has 5 heteroatoms. The minimum absolute atomic E-state index is 0.00509. The van der Waals surface area contributed by atoms with Gasteiger partial charge in [-0.15, -0.1) is 0 Å². The predicted molar refractivity (Wildman–Crippen MR) is 61.9 cm³/mol. The van der Waals surface area contributed by atoms with Crippen molar-refractivity contribution in [3.05, 3.63) is 47.9 Å². The second-order valence-electron chi connectivity index (χ2n) is 3.64. The Kier molecular flexibility index (Phi) is 2.04. The van der Waals surface area contributed by atoms with Gasteiger partial charge < -0.3 is 10.6 Å². The number of hydrogen-bond donors (Lipinski definition) is 2. The van der Waals surface area contributed by atoms with Gasteiger partial charge in [-0.25, -0.2) is 9.37 Å². The van der Waals surface area contributed by atoms with Gasteiger partial charge in [0.15, 0.2) is 5.82 Å². The molecule has 0 saturated carbocycles. The zero-order valence-electron chi connectivity index (χ0n) is 8.70. The molecule has 2 aromatic rings. The zero-order chi connectivity index (χ0) is 11.8. The van der Waals surface area contributed by atoms with Crippen molar-refractivity contribution < 1.29 is 9.18 Å². The fraction of sp³-hybridized carbons (Fsp3) is 0. The van der Waals surface area contributed by atoms with E-state index in [0.717, 1.165) is 0 Å². The van der Waals surface area contributed by atoms with Gasteiger partial charge in [0.25, 0.3) is 5.91 Å². The molecule has 2 heterocycles. The first-order chi connectivity index (χ1) is 8.25. The zero-order valence-corrected chi connectivity index (χ0v) is 8.70. The Morgan fingerprint density at radius 3 is 2.76 bits per heavy atom. The summed E-state index contributed by atoms with van der Waals surface area (Å²) in [5.74, 6) is -0.525. The molecule has 1 aromatic heterocycles. The van der Waals surface area contributed by atoms with Crippen LogP contribution in [0, 0.1) is 5.82 Å². The summed E-state index contributed by atoms with van der Waals surface area (Å²) in [4.78, 5) is 16.0. The highest BCUT2D eigenvalue weighted by atomic mass is 19.1. The molecule has 0 aliphatic carbocycles. The van der Waals surface area contributed by atoms with E-state index < -0.39 is 11.7 Å². The van der Waals surface area contributed by atoms with Crippen LogP contribution in [0.5, 0.6) is 0 Å². The van der Waals surface area contributed by atoms with Gasteiger partial charge in [0, 0.05) is 6.20 Å². The summed E-state index contributed by atoms with van der Waals surface area (Å²) < 4.78 is 13.6. The molecule has 0 saturated heterocycles. The Labute approximate surface area is 96.5 Å². The van der Waals surface area contributed by atoms with Gasteiger partial charge in [0.05, 0.1) is 16.9 Å². The number of nitrogens with zero attached hydrogens (tertiary/aromatic N) is 1. The molecule has 1 aromatic carbocycles. The van der Waals surface area contributed by atoms with Crippen molar-refractivity contribution in [1.29, 1.82) is 0 Å². The number of rotatable bonds is 0. The van der Waals surface area contributed by atoms with E-state index in [1.807, 2.05) is 0 Å². The van der Waals surface area contributed by atoms with Crippen LogP contribution >= 0.6 is 0 Å². The standard InChI is InChI=1S/C12H8FN3O/c13-7-3-1-4-8-10(7)12(17)16-9-5-2-6-14-11(9)15-8/h1-6H,(H,14,15)(H,16,17). The number of halogens is 1. The molecule has 0 fully saturated rings. The third-order valence-electron chi connectivity index (χ3n) is 2.55. The first-order valence-corrected chi connectivity index (χ1v) is 5.07. The van der Waals surface area contributed by atoms with E-state index in [1.54, 1.807) is 30.5 Å². The highest BCUT2D eigenvalue weighted by Gasteiger charge is 2.22. The number of amides is 1. The van der Waals surface area contributed by atoms with Crippen molar-refractivity contribution in [3.8, 4) is 0 Å². The van der Waals surface area contributed by atoms with Crippen LogP contribution in [0.3, 0.4) is 0 Å². The number of fused-ring (bicyclic) bond motifs is 2. The first-order valence-electron chi connectivity index (χ1n) is 5.07. The molecule has 1 aliphatic rings. The summed E-state index contributed by atoms with van der Waals surface area (Å²) in [7, 11) is 0. The molecule has 17 heavy (non-hydrogen) atoms. The third kappa shape index (κ3) is 1.52. The molecule has 1 aliphatic heterocycles. The molecule has 0 unspecified atom stereocenters. The number of pyridine rings is 1. The molecule has 0 atom stereocenters. The molecule has 1 amide bonds. The monoisotopic (exact) mass is 229 g/mol. The maximum absolute atomic E-state index is 13.6. The third-order valence-corrected chi connectivity index (χ3v) is 2.55. The lowest BCUT2D eigenvalue weighted by atomic mass is 10.1. The van der Waals surface area contributed by atoms with E-state index in [2.05, 4.69) is 15.6 Å². The Hall–Kier alpha value is -2.43. The highest BCUT2D eigenvalue weighted by Crippen LogP contribution is 2.30. The van der Waals surface area contributed by atoms with Crippen LogP contribution in [0.25, 0.3) is 0 Å². The highest BCUT2D eigenvalue weighted by molar-refractivity contribution is 6.11. The van der Waals surface area contributed by atoms with Crippen LogP contribution in [-0.2, 0) is 0 Å². The number of nitrogens with one attached hydrogen (secondary N) is 2. The second-order valence-corrected chi connectivity index (χ2v) is 3.64. The topological polar surface area (TPSA) is 54.0 Å². The van der Waals surface area contributed by atoms with E-state index in [9.17, 15) is 9.18 Å². The van der Waals surface area contributed by atoms with Crippen molar-refractivity contribution in [2.75, 3.05) is 10.6 Å². The number of hydrogen-bond acceptors (Lipinski definition) is 3. The van der Waals surface area contributed by atoms with Crippen molar-refractivity contribution in [2.24, 2.45) is 0 Å². The maximum Gasteiger partial charge on any atom is 0.260 e. The van der Waals surface area contributed by atoms with Gasteiger partial charge in [0.2, 0.25) is 0 Å². The molecule has 0 radical (unpaired) electrons. The van der Waals surface area contributed by atoms with E-state index in [0.29, 0.717) is 17.2 Å². The summed E-state index contributed by atoms with van der Waals surface area (Å²) in [6.45, 7) is 0. The van der Waals surface area contributed by atoms with Crippen molar-refractivity contribution in [3.63, 3.8) is 0 Å². The minimum atomic E-state index is -0.555. The molecule has 0 bridgehead atoms. The fourth-order valence-electron chi connectivity index (χ4n) is 1.78. The molecular formula is C12H8FN3O. The van der Waals surface area contributed by atoms with Crippen LogP contribution in [0.4, 0.5) is 21.6 Å². The molecule has 2 N–H and O–H groups in total. The van der Waals surface area contributed by atoms with Crippen molar-refractivity contribution >= 4 is 23.1 Å². The van der Waals surface area contributed by atoms with Gasteiger partial charge in [-0.05, 0) is 24.3 Å². The lowest BCUT2D eigenvalue weighted by molar-refractivity contribution is 0.102. The first kappa shape index (κ1) is 9.77. The number of anilines is 3. The van der Waals surface area contributed by atoms with Gasteiger partial charge >= 0.3 is 0 Å². The van der Waals surface area contributed by atoms with E-state index >= 15 is 0 Å². The van der Waals surface area contributed by atoms with E-state index in [4.69, 9.17) is 0 Å². The lowest BCUT2D eigenvalue weighted by Gasteiger charge is -2.06. The smallest absolute Gasteiger partial charge is 0.260 e. The molecule has 84 valence electrons. The molecule has 0 spiro atoms. The number of aromatic nitrogens is 1. The Bertz CT molecular complexity index is 612. The van der Waals surface area contributed by atoms with Gasteiger partial charge in [-0.1, -0.05) is 6.07 Å². The van der Waals surface area contributed by atoms with Gasteiger partial charge in [0.1, 0.15) is 5.82 Å². The molecule has 3 rings (SSSR count). The number of carbonyl (C=O) groups is 1. The van der Waals surface area contributed by atoms with Gasteiger partial charge in [-0.2, -0.15) is 0 Å². The van der Waals surface area contributed by atoms with Crippen LogP contribution in [0.2, 0.25) is 0 Å². The SMILES string of the molecule is O=C1Nc2cccnc2Nc2cccc(F)c21. The van der Waals surface area contributed by atoms with Crippen molar-refractivity contribution in [2.45, 2.75) is 0 Å². The Morgan fingerprint density at radius 2 is 1.88 bits per heavy atom. The van der Waals surface area contributed by atoms with Crippen LogP contribution in [-0.4, -0.2) is 10.9 Å². The van der Waals surface area contributed by atoms with Crippen LogP contribution in [0.15, 0.2) is 36.5 Å². The molecule has 4 nitrogen and oxygen atoms in total. The average molecular weight is 229 g/mol. The number of benzene rings is 1. The summed E-state index contributed by atoms with van der Waals surface area (Å²) >= 11 is 0. The number of carbonyl (C=O) groups excluding carboxylic acids is 1. The van der Waals surface area contributed by atoms with Gasteiger partial charge in [-0.3, -0.25) is 4.79 Å². The lowest BCUT2D eigenvalue weighted by Crippen LogP contribution is -2.12. The summed E-state index contributed by atoms with van der Waals surface area (Å²) in [6.07, 6.45) is 1.60. The summed E-state index contributed by atoms with van der Waals surface area (Å²) in [5, 5.41) is 5.56. The minimum Gasteiger partial charge on any atom is -0.338 e.